The van der Waals surface area contributed by atoms with E-state index in [0.717, 1.165) is 96.6 Å². The second kappa shape index (κ2) is 23.1. The van der Waals surface area contributed by atoms with Crippen LogP contribution in [0.1, 0.15) is 124 Å². The summed E-state index contributed by atoms with van der Waals surface area (Å²) in [7, 11) is -4.39. The fourth-order valence-electron chi connectivity index (χ4n) is 7.44. The van der Waals surface area contributed by atoms with E-state index in [9.17, 15) is 17.8 Å². The number of hydroxylamine groups is 2. The number of benzene rings is 2. The molecular formula is C46H67Cl2N3O7S. The number of alkyl halides is 1. The Morgan fingerprint density at radius 3 is 2.32 bits per heavy atom. The van der Waals surface area contributed by atoms with Gasteiger partial charge in [-0.25, -0.2) is 9.64 Å². The highest BCUT2D eigenvalue weighted by Crippen LogP contribution is 2.48. The summed E-state index contributed by atoms with van der Waals surface area (Å²) in [6, 6.07) is 13.4. The second-order valence-electron chi connectivity index (χ2n) is 16.5. The van der Waals surface area contributed by atoms with Gasteiger partial charge in [0.05, 0.1) is 24.2 Å². The molecule has 0 saturated heterocycles. The Kier molecular flexibility index (Phi) is 19.7. The van der Waals surface area contributed by atoms with E-state index in [0.29, 0.717) is 51.6 Å². The summed E-state index contributed by atoms with van der Waals surface area (Å²) in [5.41, 5.74) is 4.02. The van der Waals surface area contributed by atoms with Crippen LogP contribution >= 0.6 is 11.6 Å². The molecule has 1 aromatic carbocycles. The number of halogens is 2. The van der Waals surface area contributed by atoms with Crippen molar-refractivity contribution >= 4 is 39.4 Å². The molecule has 0 unspecified atom stereocenters. The van der Waals surface area contributed by atoms with Gasteiger partial charge in [0.1, 0.15) is 24.6 Å². The molecule has 4 rings (SSSR count). The summed E-state index contributed by atoms with van der Waals surface area (Å²) >= 11 is 5.73. The number of hydrogen-bond donors (Lipinski definition) is 1. The van der Waals surface area contributed by atoms with Gasteiger partial charge >= 0.3 is 0 Å². The molecule has 0 saturated carbocycles. The van der Waals surface area contributed by atoms with Crippen LogP contribution in [0.4, 0.5) is 5.69 Å². The van der Waals surface area contributed by atoms with Crippen molar-refractivity contribution < 1.29 is 44.2 Å². The summed E-state index contributed by atoms with van der Waals surface area (Å²) < 4.78 is 48.8. The first-order valence-electron chi connectivity index (χ1n) is 21.1. The predicted molar refractivity (Wildman–Crippen MR) is 236 cm³/mol. The van der Waals surface area contributed by atoms with Crippen LogP contribution in [0, 0.1) is 0 Å². The van der Waals surface area contributed by atoms with Crippen molar-refractivity contribution in [2.75, 3.05) is 56.8 Å². The van der Waals surface area contributed by atoms with E-state index >= 15 is 0 Å². The Bertz CT molecular complexity index is 2030. The van der Waals surface area contributed by atoms with Crippen molar-refractivity contribution in [1.82, 2.24) is 9.64 Å². The number of carbonyl (C=O) groups is 1. The zero-order valence-corrected chi connectivity index (χ0v) is 38.8. The summed E-state index contributed by atoms with van der Waals surface area (Å²) in [6.07, 6.45) is 13.2. The maximum Gasteiger partial charge on any atom is 0.294 e. The standard InChI is InChI=1S/C46H66ClN3O7S.ClH/c1-9-48(10-2)36-23-25-38-35(32-43(45(4,5)6)57-41(38)33-36)20-19-21-42-46(7,8)39-34-37(58(52,53)54)24-26-40(39)49(42)28-17-14-15-22-44(51)50(11-3)56-31-30-55-29-18-13-12-16-27-47;/h19-21,23-26,32-34H,9-18,22,27-31H2,1-8H3;1H. The molecule has 0 atom stereocenters. The number of amides is 1. The molecule has 13 heteroatoms. The van der Waals surface area contributed by atoms with Crippen LogP contribution in [0.25, 0.3) is 17.4 Å². The van der Waals surface area contributed by atoms with Crippen LogP contribution in [0.2, 0.25) is 0 Å². The van der Waals surface area contributed by atoms with Crippen molar-refractivity contribution in [1.29, 1.82) is 0 Å². The fraction of sp³-hybridized carbons (Fsp3) is 0.565. The molecule has 3 aliphatic rings. The lowest BCUT2D eigenvalue weighted by atomic mass is 9.83. The zero-order chi connectivity index (χ0) is 42.5. The van der Waals surface area contributed by atoms with E-state index in [1.165, 1.54) is 11.1 Å². The Balaban J connectivity index is 0.00000930. The van der Waals surface area contributed by atoms with E-state index in [1.807, 2.05) is 6.92 Å². The highest BCUT2D eigenvalue weighted by atomic mass is 35.5. The van der Waals surface area contributed by atoms with E-state index in [-0.39, 0.29) is 28.6 Å². The minimum atomic E-state index is -4.39. The topological polar surface area (TPSA) is 113 Å². The Morgan fingerprint density at radius 2 is 1.66 bits per heavy atom. The molecule has 2 aliphatic heterocycles. The third-order valence-corrected chi connectivity index (χ3v) is 11.9. The van der Waals surface area contributed by atoms with E-state index < -0.39 is 15.5 Å². The summed E-state index contributed by atoms with van der Waals surface area (Å²) in [6.45, 7) is 21.2. The van der Waals surface area contributed by atoms with Gasteiger partial charge in [-0.2, -0.15) is 8.42 Å². The molecule has 0 bridgehead atoms. The van der Waals surface area contributed by atoms with Crippen molar-refractivity contribution in [2.24, 2.45) is 0 Å². The van der Waals surface area contributed by atoms with E-state index in [1.54, 1.807) is 12.1 Å². The highest BCUT2D eigenvalue weighted by molar-refractivity contribution is 7.85. The first kappa shape index (κ1) is 50.2. The molecule has 2 heterocycles. The van der Waals surface area contributed by atoms with Crippen LogP contribution in [-0.4, -0.2) is 75.8 Å². The van der Waals surface area contributed by atoms with Gasteiger partial charge in [-0.05, 0) is 94.0 Å². The molecule has 328 valence electrons. The fourth-order valence-corrected chi connectivity index (χ4v) is 8.14. The number of ether oxygens (including phenoxy) is 1. The number of hydrogen-bond acceptors (Lipinski definition) is 7. The van der Waals surface area contributed by atoms with Crippen LogP contribution in [0.5, 0.6) is 0 Å². The quantitative estimate of drug-likeness (QED) is 0.0396. The first-order valence-corrected chi connectivity index (χ1v) is 23.1. The van der Waals surface area contributed by atoms with Crippen molar-refractivity contribution in [2.45, 2.75) is 122 Å². The van der Waals surface area contributed by atoms with Crippen molar-refractivity contribution in [3.05, 3.63) is 82.6 Å². The van der Waals surface area contributed by atoms with Gasteiger partial charge in [0.15, 0.2) is 0 Å². The lowest BCUT2D eigenvalue weighted by Gasteiger charge is -2.27. The first-order chi connectivity index (χ1) is 27.6. The van der Waals surface area contributed by atoms with Gasteiger partial charge in [0.2, 0.25) is 11.3 Å². The van der Waals surface area contributed by atoms with Gasteiger partial charge in [-0.3, -0.25) is 14.2 Å². The number of nitrogens with zero attached hydrogens (tertiary/aromatic N) is 3. The van der Waals surface area contributed by atoms with Crippen LogP contribution in [0.15, 0.2) is 69.6 Å². The molecule has 0 radical (unpaired) electrons. The molecule has 1 N–H and O–H groups in total. The number of carbonyl (C=O) groups excluding carboxylic acids is 1. The molecular weight excluding hydrogens is 809 g/mol. The highest BCUT2D eigenvalue weighted by Gasteiger charge is 2.40. The number of allylic oxidation sites excluding steroid dienone is 3. The van der Waals surface area contributed by atoms with E-state index in [2.05, 4.69) is 100 Å². The normalized spacial score (nSPS) is 14.6. The van der Waals surface area contributed by atoms with Crippen LogP contribution in [0.3, 0.4) is 0 Å². The third kappa shape index (κ3) is 13.7. The summed E-state index contributed by atoms with van der Waals surface area (Å²) in [4.78, 5) is 20.8. The average molecular weight is 877 g/mol. The van der Waals surface area contributed by atoms with Gasteiger partial charge < -0.3 is 26.5 Å². The van der Waals surface area contributed by atoms with Gasteiger partial charge in [-0.15, -0.1) is 11.6 Å². The molecule has 1 aromatic rings. The monoisotopic (exact) mass is 875 g/mol. The van der Waals surface area contributed by atoms with E-state index in [4.69, 9.17) is 25.6 Å². The molecule has 59 heavy (non-hydrogen) atoms. The molecule has 0 aromatic heterocycles. The average Bonchev–Trinajstić information content (AvgIpc) is 3.39. The predicted octanol–water partition coefficient (Wildman–Crippen LogP) is 6.60. The number of rotatable bonds is 22. The third-order valence-electron chi connectivity index (χ3n) is 10.8. The number of unbranched alkanes of at least 4 members (excludes halogenated alkanes) is 5. The number of anilines is 1. The van der Waals surface area contributed by atoms with Crippen molar-refractivity contribution in [3.63, 3.8) is 0 Å². The minimum absolute atomic E-state index is 0. The van der Waals surface area contributed by atoms with Gasteiger partial charge in [0, 0.05) is 65.8 Å². The second-order valence-corrected chi connectivity index (χ2v) is 18.3. The maximum atomic E-state index is 13.0. The molecule has 0 fully saturated rings. The Morgan fingerprint density at radius 1 is 0.949 bits per heavy atom. The maximum absolute atomic E-state index is 13.0. The smallest absolute Gasteiger partial charge is 0.294 e. The number of fused-ring (bicyclic) bond motifs is 2. The Hall–Kier alpha value is -3.19. The summed E-state index contributed by atoms with van der Waals surface area (Å²) in [5, 5.41) is 2.55. The lowest BCUT2D eigenvalue weighted by molar-refractivity contribution is -0.189. The zero-order valence-electron chi connectivity index (χ0n) is 36.5. The van der Waals surface area contributed by atoms with Gasteiger partial charge in [-0.1, -0.05) is 66.0 Å². The molecule has 1 aliphatic carbocycles. The van der Waals surface area contributed by atoms with Gasteiger partial charge in [0.25, 0.3) is 10.1 Å². The lowest BCUT2D eigenvalue weighted by Crippen LogP contribution is -3.00. The van der Waals surface area contributed by atoms with Crippen molar-refractivity contribution in [3.8, 4) is 11.3 Å². The SMILES string of the molecule is CCN(OCCOCCCCCCCl)C(=O)CCCCCN1C(=CC=Cc2cc(C(C)(C)C)oc3cc(=[N+](CC)CC)ccc2-3)C(C)(C)c2cc(S(=O)(=O)O)ccc21.[Cl-]. The largest absolute Gasteiger partial charge is 1.00 e. The summed E-state index contributed by atoms with van der Waals surface area (Å²) in [5.74, 6) is 2.37. The molecule has 0 spiro atoms. The molecule has 1 amide bonds. The molecule has 10 nitrogen and oxygen atoms in total. The Labute approximate surface area is 364 Å². The minimum Gasteiger partial charge on any atom is -1.00 e. The van der Waals surface area contributed by atoms with Crippen LogP contribution in [-0.2, 0) is 35.3 Å². The van der Waals surface area contributed by atoms with Crippen LogP contribution < -0.4 is 27.2 Å².